The summed E-state index contributed by atoms with van der Waals surface area (Å²) >= 11 is -1.79. The average molecular weight is 723 g/mol. The SMILES string of the molecule is CCCCN(C(=O)CN1C[C@H](c2ccc3c(c2)OCO3)[C@@H](C(=O)O)[C@@H]1CCN(CC)C(C)=O)c1cccc(C[I-](C)(C)C)c1. The third-order valence-electron chi connectivity index (χ3n) is 8.53. The van der Waals surface area contributed by atoms with Crippen molar-refractivity contribution < 1.29 is 47.4 Å². The van der Waals surface area contributed by atoms with Crippen molar-refractivity contribution in [1.82, 2.24) is 9.80 Å². The Morgan fingerprint density at radius 3 is 2.43 bits per heavy atom. The second-order valence-corrected chi connectivity index (χ2v) is 24.4. The van der Waals surface area contributed by atoms with Crippen LogP contribution in [0.2, 0.25) is 0 Å². The minimum atomic E-state index is -1.79. The second-order valence-electron chi connectivity index (χ2n) is 12.6. The van der Waals surface area contributed by atoms with E-state index in [4.69, 9.17) is 9.47 Å². The van der Waals surface area contributed by atoms with E-state index < -0.39 is 36.4 Å². The zero-order chi connectivity index (χ0) is 32.0. The van der Waals surface area contributed by atoms with Crippen LogP contribution >= 0.6 is 0 Å². The van der Waals surface area contributed by atoms with Crippen LogP contribution in [0.5, 0.6) is 11.5 Å². The molecule has 1 saturated heterocycles. The molecule has 2 aliphatic rings. The minimum absolute atomic E-state index is 0.0355. The van der Waals surface area contributed by atoms with Crippen molar-refractivity contribution >= 4 is 23.5 Å². The van der Waals surface area contributed by atoms with Gasteiger partial charge in [0.1, 0.15) is 0 Å². The average Bonchev–Trinajstić information content (AvgIpc) is 3.57. The fourth-order valence-electron chi connectivity index (χ4n) is 6.40. The van der Waals surface area contributed by atoms with Gasteiger partial charge in [-0.25, -0.2) is 0 Å². The molecule has 0 aliphatic carbocycles. The van der Waals surface area contributed by atoms with Crippen LogP contribution in [0.25, 0.3) is 0 Å². The molecule has 0 unspecified atom stereocenters. The summed E-state index contributed by atoms with van der Waals surface area (Å²) in [4.78, 5) is 52.1. The van der Waals surface area contributed by atoms with Crippen molar-refractivity contribution in [3.8, 4) is 11.5 Å². The van der Waals surface area contributed by atoms with E-state index in [-0.39, 0.29) is 31.1 Å². The van der Waals surface area contributed by atoms with Gasteiger partial charge in [0.2, 0.25) is 12.7 Å². The number of ether oxygens (including phenoxy) is 2. The van der Waals surface area contributed by atoms with Gasteiger partial charge < -0.3 is 9.47 Å². The van der Waals surface area contributed by atoms with Crippen molar-refractivity contribution in [2.75, 3.05) is 59.2 Å². The Labute approximate surface area is 266 Å². The van der Waals surface area contributed by atoms with Gasteiger partial charge in [0.05, 0.1) is 0 Å². The standard InChI is InChI=1S/C34H49IN3O6/c1-7-9-16-38(27-12-10-11-25(18-27)20-35(4,5)6)32(40)22-37-21-28(26-13-14-30-31(19-26)44-23-43-30)33(34(41)42)29(37)15-17-36(8-2)24(3)39/h10-14,18-19,28-29,33H,7-9,15-17,20-23H2,1-6H3,(H,41,42)/q-1/t28-,29+,33-/m1/s1. The summed E-state index contributed by atoms with van der Waals surface area (Å²) in [5.74, 6) is -0.829. The molecule has 244 valence electrons. The van der Waals surface area contributed by atoms with Gasteiger partial charge in [0.15, 0.2) is 11.5 Å². The first kappa shape index (κ1) is 34.0. The van der Waals surface area contributed by atoms with Gasteiger partial charge in [0.25, 0.3) is 0 Å². The Morgan fingerprint density at radius 1 is 1.02 bits per heavy atom. The van der Waals surface area contributed by atoms with E-state index in [9.17, 15) is 19.5 Å². The number of halogens is 1. The van der Waals surface area contributed by atoms with Crippen molar-refractivity contribution in [2.45, 2.75) is 56.4 Å². The van der Waals surface area contributed by atoms with E-state index in [1.165, 1.54) is 12.5 Å². The Balaban J connectivity index is 1.65. The summed E-state index contributed by atoms with van der Waals surface area (Å²) < 4.78 is 12.2. The Morgan fingerprint density at radius 2 is 1.77 bits per heavy atom. The van der Waals surface area contributed by atoms with Crippen molar-refractivity contribution in [3.63, 3.8) is 0 Å². The fourth-order valence-corrected chi connectivity index (χ4v) is 9.52. The third kappa shape index (κ3) is 8.44. The van der Waals surface area contributed by atoms with E-state index in [1.54, 1.807) is 4.90 Å². The maximum absolute atomic E-state index is 14.2. The molecule has 0 spiro atoms. The number of unbranched alkanes of at least 4 members (excludes halogenated alkanes) is 1. The number of alkyl halides is 4. The molecule has 2 amide bonds. The molecule has 0 saturated carbocycles. The third-order valence-corrected chi connectivity index (χ3v) is 11.7. The Bertz CT molecular complexity index is 1330. The van der Waals surface area contributed by atoms with Crippen LogP contribution < -0.4 is 32.8 Å². The number of carbonyl (C=O) groups excluding carboxylic acids is 2. The number of hydrogen-bond acceptors (Lipinski definition) is 6. The second kappa shape index (κ2) is 14.9. The van der Waals surface area contributed by atoms with Crippen LogP contribution in [0.1, 0.15) is 57.1 Å². The van der Waals surface area contributed by atoms with Crippen molar-refractivity contribution in [1.29, 1.82) is 0 Å². The molecule has 44 heavy (non-hydrogen) atoms. The van der Waals surface area contributed by atoms with Gasteiger partial charge >= 0.3 is 202 Å². The Kier molecular flexibility index (Phi) is 11.6. The van der Waals surface area contributed by atoms with Gasteiger partial charge in [-0.2, -0.15) is 0 Å². The van der Waals surface area contributed by atoms with E-state index in [0.717, 1.165) is 28.5 Å². The summed E-state index contributed by atoms with van der Waals surface area (Å²) in [7, 11) is 0. The number of amides is 2. The van der Waals surface area contributed by atoms with Gasteiger partial charge in [-0.05, 0) is 13.0 Å². The van der Waals surface area contributed by atoms with Gasteiger partial charge in [0, 0.05) is 13.5 Å². The van der Waals surface area contributed by atoms with Crippen molar-refractivity contribution in [2.24, 2.45) is 5.92 Å². The molecule has 0 aromatic heterocycles. The number of aliphatic carboxylic acids is 1. The number of hydrogen-bond donors (Lipinski definition) is 1. The first-order chi connectivity index (χ1) is 20.9. The van der Waals surface area contributed by atoms with Crippen LogP contribution in [-0.2, 0) is 18.8 Å². The summed E-state index contributed by atoms with van der Waals surface area (Å²) in [6, 6.07) is 13.5. The van der Waals surface area contributed by atoms with Gasteiger partial charge in [-0.1, -0.05) is 0 Å². The molecule has 1 N–H and O–H groups in total. The van der Waals surface area contributed by atoms with E-state index >= 15 is 0 Å². The van der Waals surface area contributed by atoms with Crippen LogP contribution in [0, 0.1) is 5.92 Å². The number of benzene rings is 2. The van der Waals surface area contributed by atoms with Gasteiger partial charge in [-0.3, -0.25) is 4.79 Å². The number of carboxylic acid groups (broad SMARTS) is 1. The Hall–Kier alpha value is -2.86. The molecular formula is C34H49IN3O6-. The molecule has 2 heterocycles. The van der Waals surface area contributed by atoms with Crippen LogP contribution in [-0.4, -0.2) is 93.0 Å². The molecular weight excluding hydrogens is 673 g/mol. The maximum atomic E-state index is 14.2. The first-order valence-electron chi connectivity index (χ1n) is 15.5. The summed E-state index contributed by atoms with van der Waals surface area (Å²) in [5, 5.41) is 10.6. The summed E-state index contributed by atoms with van der Waals surface area (Å²) in [5.41, 5.74) is 3.01. The number of anilines is 1. The molecule has 2 aromatic carbocycles. The summed E-state index contributed by atoms with van der Waals surface area (Å²) in [6.07, 6.45) is 2.29. The molecule has 1 fully saturated rings. The van der Waals surface area contributed by atoms with Crippen LogP contribution in [0.4, 0.5) is 5.69 Å². The molecule has 2 aliphatic heterocycles. The first-order valence-corrected chi connectivity index (χ1v) is 23.5. The molecule has 0 bridgehead atoms. The normalized spacial score (nSPS) is 20.0. The molecule has 4 rings (SSSR count). The molecule has 3 atom stereocenters. The molecule has 2 aromatic rings. The number of carbonyl (C=O) groups is 3. The van der Waals surface area contributed by atoms with Crippen LogP contribution in [0.3, 0.4) is 0 Å². The predicted molar refractivity (Wildman–Crippen MR) is 170 cm³/mol. The zero-order valence-corrected chi connectivity index (χ0v) is 29.2. The number of likely N-dealkylation sites (tertiary alicyclic amines) is 1. The van der Waals surface area contributed by atoms with E-state index in [2.05, 4.69) is 33.8 Å². The number of fused-ring (bicyclic) bond motifs is 1. The number of carboxylic acids is 1. The molecule has 9 nitrogen and oxygen atoms in total. The zero-order valence-electron chi connectivity index (χ0n) is 27.1. The predicted octanol–water partition coefficient (Wildman–Crippen LogP) is 1.53. The number of rotatable bonds is 14. The monoisotopic (exact) mass is 722 g/mol. The summed E-state index contributed by atoms with van der Waals surface area (Å²) in [6.45, 7) is 7.81. The van der Waals surface area contributed by atoms with E-state index in [0.29, 0.717) is 44.1 Å². The van der Waals surface area contributed by atoms with Crippen LogP contribution in [0.15, 0.2) is 42.5 Å². The van der Waals surface area contributed by atoms with E-state index in [1.807, 2.05) is 47.1 Å². The van der Waals surface area contributed by atoms with Crippen molar-refractivity contribution in [3.05, 3.63) is 53.6 Å². The number of nitrogens with zero attached hydrogens (tertiary/aromatic N) is 3. The quantitative estimate of drug-likeness (QED) is 0.234. The molecule has 0 radical (unpaired) electrons. The fraction of sp³-hybridized carbons (Fsp3) is 0.559. The topological polar surface area (TPSA) is 99.6 Å². The van der Waals surface area contributed by atoms with Gasteiger partial charge in [-0.15, -0.1) is 0 Å². The molecule has 10 heteroatoms.